The molecular formula is C13H11NO4. The van der Waals surface area contributed by atoms with Gasteiger partial charge in [0, 0.05) is 24.5 Å². The Morgan fingerprint density at radius 2 is 1.50 bits per heavy atom. The number of carbonyl (C=O) groups is 2. The third-order valence-corrected chi connectivity index (χ3v) is 1.92. The van der Waals surface area contributed by atoms with Gasteiger partial charge in [0.25, 0.3) is 0 Å². The van der Waals surface area contributed by atoms with Crippen LogP contribution in [0.25, 0.3) is 10.8 Å². The number of aliphatic carboxylic acids is 2. The minimum atomic E-state index is -1.26. The van der Waals surface area contributed by atoms with Crippen molar-refractivity contribution < 1.29 is 19.8 Å². The lowest BCUT2D eigenvalue weighted by Gasteiger charge is -1.91. The van der Waals surface area contributed by atoms with Crippen LogP contribution in [0.3, 0.4) is 0 Å². The highest BCUT2D eigenvalue weighted by Gasteiger charge is 1.88. The summed E-state index contributed by atoms with van der Waals surface area (Å²) in [6, 6.07) is 10.2. The van der Waals surface area contributed by atoms with Crippen molar-refractivity contribution in [3.05, 3.63) is 54.9 Å². The molecule has 0 aliphatic carbocycles. The second-order valence-corrected chi connectivity index (χ2v) is 3.23. The number of hydrogen-bond acceptors (Lipinski definition) is 3. The molecule has 0 atom stereocenters. The second kappa shape index (κ2) is 6.80. The fraction of sp³-hybridized carbons (Fsp3) is 0. The Bertz CT molecular complexity index is 496. The summed E-state index contributed by atoms with van der Waals surface area (Å²) in [6.45, 7) is 0. The minimum absolute atomic E-state index is 0.558. The monoisotopic (exact) mass is 245 g/mol. The highest BCUT2D eigenvalue weighted by molar-refractivity contribution is 5.89. The molecule has 92 valence electrons. The van der Waals surface area contributed by atoms with E-state index in [2.05, 4.69) is 17.1 Å². The van der Waals surface area contributed by atoms with E-state index in [1.54, 1.807) is 0 Å². The smallest absolute Gasteiger partial charge is 0.328 e. The lowest BCUT2D eigenvalue weighted by Crippen LogP contribution is -1.91. The van der Waals surface area contributed by atoms with E-state index in [1.165, 1.54) is 10.8 Å². The molecule has 0 aliphatic heterocycles. The van der Waals surface area contributed by atoms with Crippen molar-refractivity contribution in [1.29, 1.82) is 0 Å². The number of aromatic nitrogens is 1. The zero-order chi connectivity index (χ0) is 13.4. The number of nitrogens with zero attached hydrogens (tertiary/aromatic N) is 1. The number of carboxylic acids is 2. The van der Waals surface area contributed by atoms with Gasteiger partial charge in [-0.25, -0.2) is 9.59 Å². The predicted molar refractivity (Wildman–Crippen MR) is 66.2 cm³/mol. The zero-order valence-electron chi connectivity index (χ0n) is 9.35. The van der Waals surface area contributed by atoms with Crippen LogP contribution in [0, 0.1) is 0 Å². The molecule has 0 saturated carbocycles. The molecule has 2 rings (SSSR count). The Kier molecular flexibility index (Phi) is 5.05. The number of benzene rings is 1. The number of hydrogen-bond donors (Lipinski definition) is 2. The van der Waals surface area contributed by atoms with Gasteiger partial charge in [-0.2, -0.15) is 0 Å². The first-order valence-electron chi connectivity index (χ1n) is 5.02. The van der Waals surface area contributed by atoms with Crippen LogP contribution >= 0.6 is 0 Å². The van der Waals surface area contributed by atoms with Gasteiger partial charge in [0.05, 0.1) is 0 Å². The molecule has 0 unspecified atom stereocenters. The second-order valence-electron chi connectivity index (χ2n) is 3.23. The molecule has 0 fully saturated rings. The molecule has 5 heteroatoms. The molecule has 0 aliphatic rings. The molecule has 0 bridgehead atoms. The first kappa shape index (κ1) is 13.4. The SMILES string of the molecule is O=C(O)/C=C\C(=O)O.c1ccc2cnccc2c1. The Morgan fingerprint density at radius 1 is 0.944 bits per heavy atom. The van der Waals surface area contributed by atoms with Crippen LogP contribution in [0.1, 0.15) is 0 Å². The fourth-order valence-electron chi connectivity index (χ4n) is 1.17. The van der Waals surface area contributed by atoms with Gasteiger partial charge in [-0.05, 0) is 16.8 Å². The Hall–Kier alpha value is -2.69. The van der Waals surface area contributed by atoms with Crippen LogP contribution in [0.2, 0.25) is 0 Å². The quantitative estimate of drug-likeness (QED) is 0.789. The Morgan fingerprint density at radius 3 is 2.00 bits per heavy atom. The van der Waals surface area contributed by atoms with Crippen molar-refractivity contribution in [1.82, 2.24) is 4.98 Å². The van der Waals surface area contributed by atoms with Gasteiger partial charge in [0.2, 0.25) is 0 Å². The number of rotatable bonds is 2. The molecule has 1 heterocycles. The third kappa shape index (κ3) is 4.89. The van der Waals surface area contributed by atoms with Gasteiger partial charge >= 0.3 is 11.9 Å². The van der Waals surface area contributed by atoms with E-state index in [0.29, 0.717) is 12.2 Å². The average Bonchev–Trinajstić information content (AvgIpc) is 2.37. The van der Waals surface area contributed by atoms with E-state index >= 15 is 0 Å². The largest absolute Gasteiger partial charge is 0.478 e. The molecule has 0 amide bonds. The van der Waals surface area contributed by atoms with Crippen LogP contribution in [0.15, 0.2) is 54.9 Å². The zero-order valence-corrected chi connectivity index (χ0v) is 9.35. The molecule has 2 N–H and O–H groups in total. The van der Waals surface area contributed by atoms with Crippen molar-refractivity contribution in [3.63, 3.8) is 0 Å². The van der Waals surface area contributed by atoms with Crippen molar-refractivity contribution in [2.75, 3.05) is 0 Å². The van der Waals surface area contributed by atoms with Crippen molar-refractivity contribution in [3.8, 4) is 0 Å². The molecule has 0 saturated heterocycles. The van der Waals surface area contributed by atoms with Crippen LogP contribution in [0.4, 0.5) is 0 Å². The Balaban J connectivity index is 0.000000187. The lowest BCUT2D eigenvalue weighted by atomic mass is 10.2. The van der Waals surface area contributed by atoms with Gasteiger partial charge in [-0.15, -0.1) is 0 Å². The van der Waals surface area contributed by atoms with Gasteiger partial charge in [-0.3, -0.25) is 4.98 Å². The lowest BCUT2D eigenvalue weighted by molar-refractivity contribution is -0.134. The van der Waals surface area contributed by atoms with Crippen LogP contribution in [-0.2, 0) is 9.59 Å². The molecule has 1 aromatic carbocycles. The van der Waals surface area contributed by atoms with Crippen molar-refractivity contribution in [2.45, 2.75) is 0 Å². The molecule has 1 aromatic heterocycles. The normalized spacial score (nSPS) is 9.78. The minimum Gasteiger partial charge on any atom is -0.478 e. The summed E-state index contributed by atoms with van der Waals surface area (Å²) in [7, 11) is 0. The maximum absolute atomic E-state index is 9.55. The van der Waals surface area contributed by atoms with Gasteiger partial charge < -0.3 is 10.2 Å². The average molecular weight is 245 g/mol. The molecule has 18 heavy (non-hydrogen) atoms. The van der Waals surface area contributed by atoms with E-state index in [0.717, 1.165) is 0 Å². The van der Waals surface area contributed by atoms with E-state index in [1.807, 2.05) is 30.6 Å². The standard InChI is InChI=1S/C9H7N.C4H4O4/c1-2-4-9-7-10-6-5-8(9)3-1;5-3(6)1-2-4(7)8/h1-7H;1-2H,(H,5,6)(H,7,8)/b;2-1-. The first-order valence-corrected chi connectivity index (χ1v) is 5.02. The maximum atomic E-state index is 9.55. The summed E-state index contributed by atoms with van der Waals surface area (Å²) in [5.74, 6) is -2.51. The molecular weight excluding hydrogens is 234 g/mol. The van der Waals surface area contributed by atoms with Gasteiger partial charge in [0.1, 0.15) is 0 Å². The molecule has 2 aromatic rings. The maximum Gasteiger partial charge on any atom is 0.328 e. The summed E-state index contributed by atoms with van der Waals surface area (Å²) in [4.78, 5) is 23.1. The first-order chi connectivity index (χ1) is 8.59. The molecule has 0 radical (unpaired) electrons. The van der Waals surface area contributed by atoms with Crippen LogP contribution in [0.5, 0.6) is 0 Å². The summed E-state index contributed by atoms with van der Waals surface area (Å²) in [6.07, 6.45) is 4.79. The van der Waals surface area contributed by atoms with E-state index in [-0.39, 0.29) is 0 Å². The summed E-state index contributed by atoms with van der Waals surface area (Å²) in [5, 5.41) is 18.1. The fourth-order valence-corrected chi connectivity index (χ4v) is 1.17. The number of carboxylic acid groups (broad SMARTS) is 2. The van der Waals surface area contributed by atoms with Crippen molar-refractivity contribution in [2.24, 2.45) is 0 Å². The topological polar surface area (TPSA) is 87.5 Å². The van der Waals surface area contributed by atoms with E-state index in [4.69, 9.17) is 10.2 Å². The third-order valence-electron chi connectivity index (χ3n) is 1.92. The number of pyridine rings is 1. The summed E-state index contributed by atoms with van der Waals surface area (Å²) >= 11 is 0. The summed E-state index contributed by atoms with van der Waals surface area (Å²) < 4.78 is 0. The van der Waals surface area contributed by atoms with Crippen LogP contribution in [-0.4, -0.2) is 27.1 Å². The summed E-state index contributed by atoms with van der Waals surface area (Å²) in [5.41, 5.74) is 0. The van der Waals surface area contributed by atoms with Gasteiger partial charge in [0.15, 0.2) is 0 Å². The van der Waals surface area contributed by atoms with E-state index < -0.39 is 11.9 Å². The predicted octanol–water partition coefficient (Wildman–Crippen LogP) is 1.95. The molecule has 0 spiro atoms. The highest BCUT2D eigenvalue weighted by Crippen LogP contribution is 2.09. The number of fused-ring (bicyclic) bond motifs is 1. The highest BCUT2D eigenvalue weighted by atomic mass is 16.4. The van der Waals surface area contributed by atoms with Crippen LogP contribution < -0.4 is 0 Å². The molecule has 5 nitrogen and oxygen atoms in total. The Labute approximate surface area is 103 Å². The van der Waals surface area contributed by atoms with E-state index in [9.17, 15) is 9.59 Å². The van der Waals surface area contributed by atoms with Gasteiger partial charge in [-0.1, -0.05) is 24.3 Å². The van der Waals surface area contributed by atoms with Crippen molar-refractivity contribution >= 4 is 22.7 Å².